The fourth-order valence-electron chi connectivity index (χ4n) is 2.19. The second-order valence-corrected chi connectivity index (χ2v) is 4.24. The van der Waals surface area contributed by atoms with Crippen LogP contribution in [0.25, 0.3) is 0 Å². The Morgan fingerprint density at radius 3 is 2.73 bits per heavy atom. The number of aliphatic hydroxyl groups excluding tert-OH is 1. The van der Waals surface area contributed by atoms with Crippen molar-refractivity contribution in [2.24, 2.45) is 13.0 Å². The lowest BCUT2D eigenvalue weighted by atomic mass is 9.90. The fourth-order valence-corrected chi connectivity index (χ4v) is 2.19. The number of hydrogen-bond acceptors (Lipinski definition) is 3. The third kappa shape index (κ3) is 2.21. The Morgan fingerprint density at radius 2 is 2.20 bits per heavy atom. The van der Waals surface area contributed by atoms with E-state index in [0.29, 0.717) is 5.92 Å². The van der Waals surface area contributed by atoms with Gasteiger partial charge in [-0.25, -0.2) is 0 Å². The largest absolute Gasteiger partial charge is 0.388 e. The number of rotatable bonds is 2. The van der Waals surface area contributed by atoms with Crippen LogP contribution in [0.3, 0.4) is 0 Å². The SMILES string of the molecule is Cc1nn(C)cc1C(O)C1CCOCC1. The van der Waals surface area contributed by atoms with Crippen LogP contribution in [0, 0.1) is 12.8 Å². The van der Waals surface area contributed by atoms with Crippen molar-refractivity contribution in [2.75, 3.05) is 13.2 Å². The molecule has 15 heavy (non-hydrogen) atoms. The Morgan fingerprint density at radius 1 is 1.53 bits per heavy atom. The quantitative estimate of drug-likeness (QED) is 0.797. The molecule has 2 heterocycles. The zero-order valence-corrected chi connectivity index (χ0v) is 9.31. The zero-order valence-electron chi connectivity index (χ0n) is 9.31. The second kappa shape index (κ2) is 4.33. The molecule has 84 valence electrons. The van der Waals surface area contributed by atoms with Crippen molar-refractivity contribution in [1.29, 1.82) is 0 Å². The van der Waals surface area contributed by atoms with E-state index < -0.39 is 0 Å². The topological polar surface area (TPSA) is 47.3 Å². The van der Waals surface area contributed by atoms with Gasteiger partial charge in [0.25, 0.3) is 0 Å². The van der Waals surface area contributed by atoms with Crippen molar-refractivity contribution in [3.63, 3.8) is 0 Å². The molecule has 4 heteroatoms. The summed E-state index contributed by atoms with van der Waals surface area (Å²) in [5, 5.41) is 14.5. The van der Waals surface area contributed by atoms with E-state index in [1.807, 2.05) is 20.2 Å². The molecule has 0 saturated carbocycles. The Hall–Kier alpha value is -0.870. The Balaban J connectivity index is 2.12. The van der Waals surface area contributed by atoms with E-state index in [1.54, 1.807) is 4.68 Å². The van der Waals surface area contributed by atoms with Crippen molar-refractivity contribution in [2.45, 2.75) is 25.9 Å². The maximum absolute atomic E-state index is 10.2. The van der Waals surface area contributed by atoms with Gasteiger partial charge < -0.3 is 9.84 Å². The molecule has 0 spiro atoms. The van der Waals surface area contributed by atoms with Crippen molar-refractivity contribution < 1.29 is 9.84 Å². The summed E-state index contributed by atoms with van der Waals surface area (Å²) in [6, 6.07) is 0. The minimum absolute atomic E-state index is 0.321. The first-order valence-electron chi connectivity index (χ1n) is 5.44. The van der Waals surface area contributed by atoms with Crippen molar-refractivity contribution >= 4 is 0 Å². The molecule has 0 radical (unpaired) electrons. The van der Waals surface area contributed by atoms with Crippen LogP contribution in [-0.4, -0.2) is 28.1 Å². The van der Waals surface area contributed by atoms with Gasteiger partial charge in [-0.1, -0.05) is 0 Å². The van der Waals surface area contributed by atoms with Crippen molar-refractivity contribution in [1.82, 2.24) is 9.78 Å². The van der Waals surface area contributed by atoms with Gasteiger partial charge in [-0.2, -0.15) is 5.10 Å². The minimum atomic E-state index is -0.386. The highest BCUT2D eigenvalue weighted by Gasteiger charge is 2.25. The van der Waals surface area contributed by atoms with E-state index in [0.717, 1.165) is 37.3 Å². The molecule has 1 aliphatic heterocycles. The first kappa shape index (κ1) is 10.6. The molecule has 1 atom stereocenters. The van der Waals surface area contributed by atoms with E-state index in [9.17, 15) is 5.11 Å². The summed E-state index contributed by atoms with van der Waals surface area (Å²) in [6.07, 6.45) is 3.41. The molecular formula is C11H18N2O2. The molecule has 1 aromatic heterocycles. The summed E-state index contributed by atoms with van der Waals surface area (Å²) in [7, 11) is 1.88. The van der Waals surface area contributed by atoms with Gasteiger partial charge in [0.1, 0.15) is 0 Å². The summed E-state index contributed by atoms with van der Waals surface area (Å²) in [4.78, 5) is 0. The van der Waals surface area contributed by atoms with Crippen LogP contribution in [0.1, 0.15) is 30.2 Å². The normalized spacial score (nSPS) is 20.5. The average Bonchev–Trinajstić information content (AvgIpc) is 2.58. The lowest BCUT2D eigenvalue weighted by Crippen LogP contribution is -2.22. The molecule has 0 aromatic carbocycles. The van der Waals surface area contributed by atoms with Gasteiger partial charge >= 0.3 is 0 Å². The summed E-state index contributed by atoms with van der Waals surface area (Å²) in [5.41, 5.74) is 1.89. The molecule has 2 rings (SSSR count). The number of aromatic nitrogens is 2. The third-order valence-electron chi connectivity index (χ3n) is 3.08. The highest BCUT2D eigenvalue weighted by Crippen LogP contribution is 2.30. The van der Waals surface area contributed by atoms with Crippen LogP contribution in [0.15, 0.2) is 6.20 Å². The molecule has 1 aromatic rings. The Bertz CT molecular complexity index is 329. The highest BCUT2D eigenvalue weighted by molar-refractivity contribution is 5.19. The lowest BCUT2D eigenvalue weighted by Gasteiger charge is -2.26. The Kier molecular flexibility index (Phi) is 3.07. The fraction of sp³-hybridized carbons (Fsp3) is 0.727. The first-order valence-corrected chi connectivity index (χ1v) is 5.44. The minimum Gasteiger partial charge on any atom is -0.388 e. The van der Waals surface area contributed by atoms with Gasteiger partial charge in [-0.05, 0) is 25.7 Å². The van der Waals surface area contributed by atoms with Crippen LogP contribution in [0.5, 0.6) is 0 Å². The van der Waals surface area contributed by atoms with Gasteiger partial charge in [-0.3, -0.25) is 4.68 Å². The number of hydrogen-bond donors (Lipinski definition) is 1. The number of aryl methyl sites for hydroxylation is 2. The molecule has 0 amide bonds. The summed E-state index contributed by atoms with van der Waals surface area (Å²) in [6.45, 7) is 3.47. The Labute approximate surface area is 89.9 Å². The number of nitrogens with zero attached hydrogens (tertiary/aromatic N) is 2. The van der Waals surface area contributed by atoms with E-state index in [2.05, 4.69) is 5.10 Å². The van der Waals surface area contributed by atoms with E-state index in [4.69, 9.17) is 4.74 Å². The van der Waals surface area contributed by atoms with Gasteiger partial charge in [0.15, 0.2) is 0 Å². The molecule has 4 nitrogen and oxygen atoms in total. The highest BCUT2D eigenvalue weighted by atomic mass is 16.5. The molecule has 0 aliphatic carbocycles. The van der Waals surface area contributed by atoms with Gasteiger partial charge in [-0.15, -0.1) is 0 Å². The summed E-state index contributed by atoms with van der Waals surface area (Å²) in [5.74, 6) is 0.321. The second-order valence-electron chi connectivity index (χ2n) is 4.24. The number of ether oxygens (including phenoxy) is 1. The van der Waals surface area contributed by atoms with Gasteiger partial charge in [0.2, 0.25) is 0 Å². The lowest BCUT2D eigenvalue weighted by molar-refractivity contribution is 0.00694. The standard InChI is InChI=1S/C11H18N2O2/c1-8-10(7-13(2)12-8)11(14)9-3-5-15-6-4-9/h7,9,11,14H,3-6H2,1-2H3. The summed E-state index contributed by atoms with van der Waals surface area (Å²) >= 11 is 0. The first-order chi connectivity index (χ1) is 7.18. The van der Waals surface area contributed by atoms with Crippen LogP contribution in [-0.2, 0) is 11.8 Å². The molecular weight excluding hydrogens is 192 g/mol. The van der Waals surface area contributed by atoms with Gasteiger partial charge in [0.05, 0.1) is 11.8 Å². The number of aliphatic hydroxyl groups is 1. The van der Waals surface area contributed by atoms with Crippen LogP contribution in [0.4, 0.5) is 0 Å². The van der Waals surface area contributed by atoms with Crippen LogP contribution in [0.2, 0.25) is 0 Å². The molecule has 1 aliphatic rings. The van der Waals surface area contributed by atoms with Crippen molar-refractivity contribution in [3.05, 3.63) is 17.5 Å². The molecule has 1 N–H and O–H groups in total. The average molecular weight is 210 g/mol. The van der Waals surface area contributed by atoms with E-state index >= 15 is 0 Å². The smallest absolute Gasteiger partial charge is 0.0853 e. The molecule has 1 saturated heterocycles. The van der Waals surface area contributed by atoms with Crippen LogP contribution >= 0.6 is 0 Å². The summed E-state index contributed by atoms with van der Waals surface area (Å²) < 4.78 is 7.05. The van der Waals surface area contributed by atoms with E-state index in [1.165, 1.54) is 0 Å². The third-order valence-corrected chi connectivity index (χ3v) is 3.08. The van der Waals surface area contributed by atoms with Crippen LogP contribution < -0.4 is 0 Å². The molecule has 1 unspecified atom stereocenters. The van der Waals surface area contributed by atoms with Crippen molar-refractivity contribution in [3.8, 4) is 0 Å². The zero-order chi connectivity index (χ0) is 10.8. The molecule has 0 bridgehead atoms. The predicted octanol–water partition coefficient (Wildman–Crippen LogP) is 1.19. The maximum atomic E-state index is 10.2. The maximum Gasteiger partial charge on any atom is 0.0853 e. The molecule has 1 fully saturated rings. The predicted molar refractivity (Wildman–Crippen MR) is 56.4 cm³/mol. The monoisotopic (exact) mass is 210 g/mol. The van der Waals surface area contributed by atoms with Gasteiger partial charge in [0, 0.05) is 32.0 Å². The van der Waals surface area contributed by atoms with E-state index in [-0.39, 0.29) is 6.10 Å².